The quantitative estimate of drug-likeness (QED) is 0.733. The number of aromatic nitrogens is 4. The molecule has 1 aliphatic rings. The van der Waals surface area contributed by atoms with Gasteiger partial charge >= 0.3 is 0 Å². The lowest BCUT2D eigenvalue weighted by molar-refractivity contribution is 0.221. The van der Waals surface area contributed by atoms with Gasteiger partial charge in [-0.15, -0.1) is 0 Å². The molecule has 24 heavy (non-hydrogen) atoms. The number of rotatable bonds is 6. The number of hydrogen-bond donors (Lipinski definition) is 2. The predicted molar refractivity (Wildman–Crippen MR) is 92.4 cm³/mol. The highest BCUT2D eigenvalue weighted by molar-refractivity contribution is 5.25. The molecule has 1 saturated carbocycles. The molecule has 0 amide bonds. The first-order valence-corrected chi connectivity index (χ1v) is 8.41. The van der Waals surface area contributed by atoms with Gasteiger partial charge in [-0.05, 0) is 36.6 Å². The fourth-order valence-corrected chi connectivity index (χ4v) is 3.46. The van der Waals surface area contributed by atoms with Crippen molar-refractivity contribution in [1.82, 2.24) is 25.3 Å². The molecule has 2 N–H and O–H groups in total. The summed E-state index contributed by atoms with van der Waals surface area (Å²) >= 11 is 0. The summed E-state index contributed by atoms with van der Waals surface area (Å²) in [6, 6.07) is 10.3. The Hall–Kier alpha value is -2.53. The molecule has 0 radical (unpaired) electrons. The lowest BCUT2D eigenvalue weighted by Crippen LogP contribution is -2.45. The van der Waals surface area contributed by atoms with Crippen LogP contribution in [0.2, 0.25) is 0 Å². The summed E-state index contributed by atoms with van der Waals surface area (Å²) in [5.41, 5.74) is 2.44. The monoisotopic (exact) mass is 319 g/mol. The van der Waals surface area contributed by atoms with E-state index >= 15 is 0 Å². The van der Waals surface area contributed by atoms with E-state index in [1.807, 2.05) is 30.7 Å². The molecule has 1 atom stereocenters. The molecular formula is C19H21N5. The third-order valence-electron chi connectivity index (χ3n) is 4.97. The fourth-order valence-electron chi connectivity index (χ4n) is 3.46. The minimum absolute atomic E-state index is 0.00915. The third kappa shape index (κ3) is 2.83. The van der Waals surface area contributed by atoms with Crippen LogP contribution in [-0.2, 0) is 5.41 Å². The van der Waals surface area contributed by atoms with Crippen molar-refractivity contribution in [3.8, 4) is 0 Å². The first-order chi connectivity index (χ1) is 11.9. The van der Waals surface area contributed by atoms with E-state index in [2.05, 4.69) is 43.5 Å². The van der Waals surface area contributed by atoms with Gasteiger partial charge in [0.1, 0.15) is 5.82 Å². The number of pyridine rings is 2. The van der Waals surface area contributed by atoms with Crippen LogP contribution in [0.5, 0.6) is 0 Å². The maximum atomic E-state index is 4.61. The van der Waals surface area contributed by atoms with Gasteiger partial charge in [0.05, 0.1) is 6.04 Å². The van der Waals surface area contributed by atoms with Gasteiger partial charge in [-0.1, -0.05) is 18.6 Å². The van der Waals surface area contributed by atoms with Gasteiger partial charge in [-0.25, -0.2) is 4.98 Å². The Balaban J connectivity index is 1.57. The second-order valence-electron chi connectivity index (χ2n) is 6.42. The van der Waals surface area contributed by atoms with Crippen LogP contribution in [0.1, 0.15) is 42.4 Å². The molecule has 4 rings (SSSR count). The smallest absolute Gasteiger partial charge is 0.127 e. The van der Waals surface area contributed by atoms with Crippen molar-refractivity contribution in [1.29, 1.82) is 0 Å². The molecule has 1 aliphatic carbocycles. The van der Waals surface area contributed by atoms with Crippen LogP contribution in [-0.4, -0.2) is 26.5 Å². The van der Waals surface area contributed by atoms with Gasteiger partial charge in [0.15, 0.2) is 0 Å². The predicted octanol–water partition coefficient (Wildman–Crippen LogP) is 3.00. The zero-order chi connectivity index (χ0) is 16.2. The van der Waals surface area contributed by atoms with Gasteiger partial charge in [-0.2, -0.15) is 0 Å². The maximum absolute atomic E-state index is 4.61. The Bertz CT molecular complexity index is 751. The minimum Gasteiger partial charge on any atom is -0.347 e. The number of imidazole rings is 1. The molecule has 0 bridgehead atoms. The summed E-state index contributed by atoms with van der Waals surface area (Å²) in [5, 5.41) is 3.71. The number of H-pyrrole nitrogens is 1. The second kappa shape index (κ2) is 6.53. The highest BCUT2D eigenvalue weighted by Crippen LogP contribution is 2.42. The highest BCUT2D eigenvalue weighted by atomic mass is 15.0. The molecule has 3 aromatic heterocycles. The van der Waals surface area contributed by atoms with E-state index in [9.17, 15) is 0 Å². The first-order valence-electron chi connectivity index (χ1n) is 8.41. The van der Waals surface area contributed by atoms with Crippen LogP contribution in [0, 0.1) is 0 Å². The minimum atomic E-state index is 0.00915. The van der Waals surface area contributed by atoms with Gasteiger partial charge in [0.2, 0.25) is 0 Å². The third-order valence-corrected chi connectivity index (χ3v) is 4.97. The summed E-state index contributed by atoms with van der Waals surface area (Å²) in [4.78, 5) is 16.5. The Morgan fingerprint density at radius 2 is 2.04 bits per heavy atom. The SMILES string of the molecule is c1ccc(C2(CNC(c3cccnc3)c3ncc[nH]3)CCC2)nc1. The maximum Gasteiger partial charge on any atom is 0.127 e. The Kier molecular flexibility index (Phi) is 4.09. The van der Waals surface area contributed by atoms with Crippen LogP contribution >= 0.6 is 0 Å². The summed E-state index contributed by atoms with van der Waals surface area (Å²) in [7, 11) is 0. The van der Waals surface area contributed by atoms with Crippen molar-refractivity contribution >= 4 is 0 Å². The zero-order valence-electron chi connectivity index (χ0n) is 13.5. The lowest BCUT2D eigenvalue weighted by atomic mass is 9.66. The summed E-state index contributed by atoms with van der Waals surface area (Å²) in [6.07, 6.45) is 12.8. The first kappa shape index (κ1) is 15.0. The molecule has 3 aromatic rings. The molecule has 0 aromatic carbocycles. The number of nitrogens with one attached hydrogen (secondary N) is 2. The van der Waals surface area contributed by atoms with Crippen molar-refractivity contribution < 1.29 is 0 Å². The van der Waals surface area contributed by atoms with Crippen LogP contribution in [0.25, 0.3) is 0 Å². The van der Waals surface area contributed by atoms with Gasteiger partial charge in [-0.3, -0.25) is 9.97 Å². The second-order valence-corrected chi connectivity index (χ2v) is 6.42. The van der Waals surface area contributed by atoms with Crippen LogP contribution in [0.3, 0.4) is 0 Å². The van der Waals surface area contributed by atoms with Crippen molar-refractivity contribution in [2.75, 3.05) is 6.54 Å². The molecule has 0 saturated heterocycles. The van der Waals surface area contributed by atoms with Crippen LogP contribution in [0.4, 0.5) is 0 Å². The van der Waals surface area contributed by atoms with E-state index in [1.165, 1.54) is 25.0 Å². The molecular weight excluding hydrogens is 298 g/mol. The Morgan fingerprint density at radius 3 is 2.67 bits per heavy atom. The van der Waals surface area contributed by atoms with Gasteiger partial charge < -0.3 is 10.3 Å². The molecule has 5 heteroatoms. The topological polar surface area (TPSA) is 66.5 Å². The summed E-state index contributed by atoms with van der Waals surface area (Å²) in [6.45, 7) is 0.879. The van der Waals surface area contributed by atoms with Crippen molar-refractivity contribution in [2.24, 2.45) is 0 Å². The van der Waals surface area contributed by atoms with Gasteiger partial charge in [0.25, 0.3) is 0 Å². The van der Waals surface area contributed by atoms with E-state index < -0.39 is 0 Å². The summed E-state index contributed by atoms with van der Waals surface area (Å²) in [5.74, 6) is 0.915. The molecule has 1 fully saturated rings. The molecule has 3 heterocycles. The lowest BCUT2D eigenvalue weighted by Gasteiger charge is -2.42. The van der Waals surface area contributed by atoms with E-state index in [0.717, 1.165) is 17.9 Å². The van der Waals surface area contributed by atoms with Crippen molar-refractivity contribution in [3.63, 3.8) is 0 Å². The fraction of sp³-hybridized carbons (Fsp3) is 0.316. The Labute approximate surface area is 141 Å². The van der Waals surface area contributed by atoms with Gasteiger partial charge in [0, 0.05) is 48.6 Å². The van der Waals surface area contributed by atoms with E-state index in [-0.39, 0.29) is 11.5 Å². The van der Waals surface area contributed by atoms with E-state index in [0.29, 0.717) is 0 Å². The Morgan fingerprint density at radius 1 is 1.08 bits per heavy atom. The number of nitrogens with zero attached hydrogens (tertiary/aromatic N) is 3. The summed E-state index contributed by atoms with van der Waals surface area (Å²) < 4.78 is 0. The van der Waals surface area contributed by atoms with E-state index in [4.69, 9.17) is 0 Å². The normalized spacial score (nSPS) is 17.2. The molecule has 122 valence electrons. The standard InChI is InChI=1S/C19H21N5/c1-2-10-21-16(6-1)19(7-4-8-19)14-24-17(18-22-11-12-23-18)15-5-3-9-20-13-15/h1-3,5-6,9-13,17,24H,4,7-8,14H2,(H,22,23). The molecule has 0 aliphatic heterocycles. The average Bonchev–Trinajstić information content (AvgIpc) is 3.13. The van der Waals surface area contributed by atoms with E-state index in [1.54, 1.807) is 12.4 Å². The number of aromatic amines is 1. The van der Waals surface area contributed by atoms with Crippen molar-refractivity contribution in [3.05, 3.63) is 78.4 Å². The largest absolute Gasteiger partial charge is 0.347 e. The number of hydrogen-bond acceptors (Lipinski definition) is 4. The van der Waals surface area contributed by atoms with Crippen LogP contribution in [0.15, 0.2) is 61.3 Å². The molecule has 5 nitrogen and oxygen atoms in total. The van der Waals surface area contributed by atoms with Crippen LogP contribution < -0.4 is 5.32 Å². The zero-order valence-corrected chi connectivity index (χ0v) is 13.5. The average molecular weight is 319 g/mol. The highest BCUT2D eigenvalue weighted by Gasteiger charge is 2.40. The molecule has 0 spiro atoms. The van der Waals surface area contributed by atoms with Crippen molar-refractivity contribution in [2.45, 2.75) is 30.7 Å². The molecule has 1 unspecified atom stereocenters.